The average molecular weight is 257 g/mol. The van der Waals surface area contributed by atoms with Gasteiger partial charge in [0.1, 0.15) is 11.5 Å². The zero-order chi connectivity index (χ0) is 12.3. The van der Waals surface area contributed by atoms with Crippen LogP contribution in [-0.2, 0) is 22.8 Å². The van der Waals surface area contributed by atoms with Crippen LogP contribution in [0.2, 0.25) is 0 Å². The molecule has 4 nitrogen and oxygen atoms in total. The van der Waals surface area contributed by atoms with E-state index in [-0.39, 0.29) is 5.92 Å². The Bertz CT molecular complexity index is 464. The summed E-state index contributed by atoms with van der Waals surface area (Å²) in [6.45, 7) is 3.48. The smallest absolute Gasteiger partial charge is 0.150 e. The van der Waals surface area contributed by atoms with Gasteiger partial charge >= 0.3 is 0 Å². The van der Waals surface area contributed by atoms with Gasteiger partial charge in [0.05, 0.1) is 18.1 Å². The summed E-state index contributed by atoms with van der Waals surface area (Å²) in [4.78, 5) is 0. The average Bonchev–Trinajstić information content (AvgIpc) is 2.85. The molecule has 1 aromatic rings. The molecule has 1 saturated heterocycles. The summed E-state index contributed by atoms with van der Waals surface area (Å²) >= 11 is 0. The first-order valence-electron chi connectivity index (χ1n) is 6.08. The fourth-order valence-electron chi connectivity index (χ4n) is 2.14. The summed E-state index contributed by atoms with van der Waals surface area (Å²) in [6, 6.07) is 3.95. The van der Waals surface area contributed by atoms with E-state index in [1.807, 2.05) is 12.1 Å². The summed E-state index contributed by atoms with van der Waals surface area (Å²) in [6.07, 6.45) is 1.69. The number of sulfone groups is 1. The van der Waals surface area contributed by atoms with E-state index in [1.54, 1.807) is 0 Å². The van der Waals surface area contributed by atoms with Crippen LogP contribution in [0.4, 0.5) is 0 Å². The lowest BCUT2D eigenvalue weighted by atomic mass is 10.1. The van der Waals surface area contributed by atoms with Gasteiger partial charge in [-0.2, -0.15) is 0 Å². The Morgan fingerprint density at radius 2 is 2.18 bits per heavy atom. The number of hydrogen-bond donors (Lipinski definition) is 1. The summed E-state index contributed by atoms with van der Waals surface area (Å²) in [5.74, 6) is 2.85. The Morgan fingerprint density at radius 3 is 2.76 bits per heavy atom. The largest absolute Gasteiger partial charge is 0.465 e. The normalized spacial score (nSPS) is 23.0. The fourth-order valence-corrected chi connectivity index (χ4v) is 4.00. The molecule has 5 heteroatoms. The predicted octanol–water partition coefficient (Wildman–Crippen LogP) is 1.37. The monoisotopic (exact) mass is 257 g/mol. The maximum absolute atomic E-state index is 11.3. The SMILES string of the molecule is CCc1ccc(CNCC2CCS(=O)(=O)C2)o1. The second kappa shape index (κ2) is 5.23. The lowest BCUT2D eigenvalue weighted by Gasteiger charge is -2.07. The van der Waals surface area contributed by atoms with Crippen LogP contribution in [0.3, 0.4) is 0 Å². The summed E-state index contributed by atoms with van der Waals surface area (Å²) in [7, 11) is -2.75. The van der Waals surface area contributed by atoms with Gasteiger partial charge in [0.25, 0.3) is 0 Å². The molecule has 1 aliphatic rings. The first-order chi connectivity index (χ1) is 8.09. The molecule has 0 spiro atoms. The number of furan rings is 1. The zero-order valence-electron chi connectivity index (χ0n) is 10.1. The van der Waals surface area contributed by atoms with Crippen molar-refractivity contribution in [3.8, 4) is 0 Å². The van der Waals surface area contributed by atoms with Crippen molar-refractivity contribution in [1.29, 1.82) is 0 Å². The Balaban J connectivity index is 1.73. The third kappa shape index (κ3) is 3.57. The van der Waals surface area contributed by atoms with Gasteiger partial charge in [-0.15, -0.1) is 0 Å². The molecule has 1 fully saturated rings. The van der Waals surface area contributed by atoms with Crippen molar-refractivity contribution < 1.29 is 12.8 Å². The van der Waals surface area contributed by atoms with Gasteiger partial charge in [-0.3, -0.25) is 0 Å². The third-order valence-electron chi connectivity index (χ3n) is 3.12. The van der Waals surface area contributed by atoms with E-state index in [0.29, 0.717) is 18.1 Å². The van der Waals surface area contributed by atoms with E-state index in [4.69, 9.17) is 4.42 Å². The van der Waals surface area contributed by atoms with Crippen molar-refractivity contribution in [3.63, 3.8) is 0 Å². The predicted molar refractivity (Wildman–Crippen MR) is 66.6 cm³/mol. The highest BCUT2D eigenvalue weighted by molar-refractivity contribution is 7.91. The Kier molecular flexibility index (Phi) is 3.89. The van der Waals surface area contributed by atoms with Crippen LogP contribution in [0.1, 0.15) is 24.9 Å². The molecule has 1 atom stereocenters. The quantitative estimate of drug-likeness (QED) is 0.865. The molecular formula is C12H19NO3S. The van der Waals surface area contributed by atoms with Gasteiger partial charge in [-0.25, -0.2) is 8.42 Å². The molecule has 2 heterocycles. The molecule has 17 heavy (non-hydrogen) atoms. The minimum absolute atomic E-state index is 0.264. The molecule has 96 valence electrons. The molecule has 0 bridgehead atoms. The van der Waals surface area contributed by atoms with Crippen LogP contribution in [0.15, 0.2) is 16.5 Å². The van der Waals surface area contributed by atoms with E-state index in [9.17, 15) is 8.42 Å². The van der Waals surface area contributed by atoms with Gasteiger partial charge in [-0.1, -0.05) is 6.92 Å². The Morgan fingerprint density at radius 1 is 1.41 bits per heavy atom. The fraction of sp³-hybridized carbons (Fsp3) is 0.667. The number of nitrogens with one attached hydrogen (secondary N) is 1. The first-order valence-corrected chi connectivity index (χ1v) is 7.90. The molecule has 0 aliphatic carbocycles. The molecule has 1 N–H and O–H groups in total. The van der Waals surface area contributed by atoms with Crippen molar-refractivity contribution in [1.82, 2.24) is 5.32 Å². The molecule has 1 aliphatic heterocycles. The van der Waals surface area contributed by atoms with Crippen LogP contribution in [0, 0.1) is 5.92 Å². The first kappa shape index (κ1) is 12.6. The zero-order valence-corrected chi connectivity index (χ0v) is 10.9. The Hall–Kier alpha value is -0.810. The summed E-state index contributed by atoms with van der Waals surface area (Å²) in [5, 5.41) is 3.26. The number of aryl methyl sites for hydroxylation is 1. The van der Waals surface area contributed by atoms with Crippen molar-refractivity contribution in [2.75, 3.05) is 18.1 Å². The molecule has 0 amide bonds. The van der Waals surface area contributed by atoms with Gasteiger partial charge in [0, 0.05) is 6.42 Å². The molecule has 0 radical (unpaired) electrons. The second-order valence-corrected chi connectivity index (χ2v) is 6.85. The van der Waals surface area contributed by atoms with Crippen LogP contribution < -0.4 is 5.32 Å². The van der Waals surface area contributed by atoms with Crippen LogP contribution >= 0.6 is 0 Å². The van der Waals surface area contributed by atoms with Crippen molar-refractivity contribution in [3.05, 3.63) is 23.7 Å². The van der Waals surface area contributed by atoms with Gasteiger partial charge in [-0.05, 0) is 31.0 Å². The van der Waals surface area contributed by atoms with Crippen LogP contribution in [-0.4, -0.2) is 26.5 Å². The van der Waals surface area contributed by atoms with Gasteiger partial charge in [0.2, 0.25) is 0 Å². The summed E-state index contributed by atoms with van der Waals surface area (Å²) < 4.78 is 28.1. The molecule has 2 rings (SSSR count). The van der Waals surface area contributed by atoms with Gasteiger partial charge in [0.15, 0.2) is 9.84 Å². The van der Waals surface area contributed by atoms with E-state index in [2.05, 4.69) is 12.2 Å². The van der Waals surface area contributed by atoms with Crippen molar-refractivity contribution in [2.24, 2.45) is 5.92 Å². The molecule has 0 aromatic carbocycles. The van der Waals surface area contributed by atoms with E-state index >= 15 is 0 Å². The maximum Gasteiger partial charge on any atom is 0.150 e. The highest BCUT2D eigenvalue weighted by Gasteiger charge is 2.27. The molecule has 1 unspecified atom stereocenters. The lowest BCUT2D eigenvalue weighted by molar-refractivity contribution is 0.434. The molecule has 0 saturated carbocycles. The topological polar surface area (TPSA) is 59.3 Å². The van der Waals surface area contributed by atoms with Crippen LogP contribution in [0.25, 0.3) is 0 Å². The second-order valence-electron chi connectivity index (χ2n) is 4.62. The van der Waals surface area contributed by atoms with E-state index < -0.39 is 9.84 Å². The standard InChI is InChI=1S/C12H19NO3S/c1-2-11-3-4-12(16-11)8-13-7-10-5-6-17(14,15)9-10/h3-4,10,13H,2,5-9H2,1H3. The van der Waals surface area contributed by atoms with E-state index in [0.717, 1.165) is 30.9 Å². The minimum atomic E-state index is -2.75. The number of rotatable bonds is 5. The minimum Gasteiger partial charge on any atom is -0.465 e. The van der Waals surface area contributed by atoms with Crippen molar-refractivity contribution >= 4 is 9.84 Å². The molecule has 1 aromatic heterocycles. The van der Waals surface area contributed by atoms with Gasteiger partial charge < -0.3 is 9.73 Å². The summed E-state index contributed by atoms with van der Waals surface area (Å²) in [5.41, 5.74) is 0. The highest BCUT2D eigenvalue weighted by Crippen LogP contribution is 2.17. The van der Waals surface area contributed by atoms with E-state index in [1.165, 1.54) is 0 Å². The molecular weight excluding hydrogens is 238 g/mol. The number of hydrogen-bond acceptors (Lipinski definition) is 4. The maximum atomic E-state index is 11.3. The highest BCUT2D eigenvalue weighted by atomic mass is 32.2. The third-order valence-corrected chi connectivity index (χ3v) is 4.96. The van der Waals surface area contributed by atoms with Crippen LogP contribution in [0.5, 0.6) is 0 Å². The van der Waals surface area contributed by atoms with Crippen molar-refractivity contribution in [2.45, 2.75) is 26.3 Å². The lowest BCUT2D eigenvalue weighted by Crippen LogP contribution is -2.23. The Labute approximate surface area is 102 Å².